The number of aromatic amines is 1. The molecule has 6 rings (SSSR count). The first-order chi connectivity index (χ1) is 25.1. The second kappa shape index (κ2) is 16.1. The van der Waals surface area contributed by atoms with E-state index in [0.717, 1.165) is 22.3 Å². The number of aromatic hydroxyl groups is 1. The molecule has 0 radical (unpaired) electrons. The van der Waals surface area contributed by atoms with Crippen molar-refractivity contribution in [2.24, 2.45) is 7.05 Å². The van der Waals surface area contributed by atoms with Crippen LogP contribution in [0.5, 0.6) is 11.5 Å². The van der Waals surface area contributed by atoms with Crippen LogP contribution >= 0.6 is 0 Å². The van der Waals surface area contributed by atoms with Crippen molar-refractivity contribution >= 4 is 22.9 Å². The summed E-state index contributed by atoms with van der Waals surface area (Å²) in [5.74, 6) is 0.145. The van der Waals surface area contributed by atoms with E-state index in [9.17, 15) is 29.7 Å². The van der Waals surface area contributed by atoms with E-state index >= 15 is 0 Å². The van der Waals surface area contributed by atoms with E-state index in [0.29, 0.717) is 35.5 Å². The van der Waals surface area contributed by atoms with Crippen molar-refractivity contribution in [1.82, 2.24) is 30.7 Å². The van der Waals surface area contributed by atoms with E-state index in [-0.39, 0.29) is 41.6 Å². The number of aromatic nitrogens is 3. The smallest absolute Gasteiger partial charge is 0.405 e. The van der Waals surface area contributed by atoms with E-state index in [2.05, 4.69) is 26.0 Å². The summed E-state index contributed by atoms with van der Waals surface area (Å²) in [7, 11) is 1.73. The summed E-state index contributed by atoms with van der Waals surface area (Å²) in [6.45, 7) is 1.18. The van der Waals surface area contributed by atoms with Gasteiger partial charge in [0.15, 0.2) is 5.69 Å². The van der Waals surface area contributed by atoms with Crippen LogP contribution in [-0.2, 0) is 26.7 Å². The molecule has 13 heteroatoms. The zero-order valence-electron chi connectivity index (χ0n) is 28.2. The Bertz CT molecular complexity index is 2230. The lowest BCUT2D eigenvalue weighted by Crippen LogP contribution is -2.27. The predicted octanol–water partition coefficient (Wildman–Crippen LogP) is 4.66. The maximum Gasteiger partial charge on any atom is 0.405 e. The van der Waals surface area contributed by atoms with Gasteiger partial charge in [-0.2, -0.15) is 5.10 Å². The highest BCUT2D eigenvalue weighted by molar-refractivity contribution is 5.92. The van der Waals surface area contributed by atoms with E-state index < -0.39 is 18.2 Å². The van der Waals surface area contributed by atoms with Gasteiger partial charge in [-0.05, 0) is 58.1 Å². The molecule has 266 valence electrons. The third-order valence-electron chi connectivity index (χ3n) is 8.60. The summed E-state index contributed by atoms with van der Waals surface area (Å²) in [5, 5.41) is 43.9. The molecule has 2 amide bonds. The van der Waals surface area contributed by atoms with Crippen molar-refractivity contribution in [1.29, 1.82) is 0 Å². The molecule has 1 unspecified atom stereocenters. The molecule has 0 aliphatic carbocycles. The number of fused-ring (bicyclic) bond motifs is 1. The molecule has 4 aromatic carbocycles. The molecule has 0 bridgehead atoms. The van der Waals surface area contributed by atoms with Gasteiger partial charge in [-0.1, -0.05) is 72.8 Å². The zero-order valence-corrected chi connectivity index (χ0v) is 28.2. The number of H-pyrrole nitrogens is 1. The molecule has 13 nitrogen and oxygen atoms in total. The lowest BCUT2D eigenvalue weighted by atomic mass is 9.99. The van der Waals surface area contributed by atoms with Crippen LogP contribution in [0.1, 0.15) is 56.1 Å². The van der Waals surface area contributed by atoms with Crippen molar-refractivity contribution in [2.45, 2.75) is 31.8 Å². The molecule has 0 aliphatic heterocycles. The number of carbonyl (C=O) groups is 2. The number of ether oxygens (including phenoxy) is 1. The fraction of sp³-hybridized carbons (Fsp3) is 0.179. The normalized spacial score (nSPS) is 12.3. The monoisotopic (exact) mass is 702 g/mol. The summed E-state index contributed by atoms with van der Waals surface area (Å²) >= 11 is 0. The van der Waals surface area contributed by atoms with Gasteiger partial charge in [0.2, 0.25) is 5.56 Å². The van der Waals surface area contributed by atoms with Gasteiger partial charge in [0.25, 0.3) is 5.91 Å². The van der Waals surface area contributed by atoms with E-state index in [1.165, 1.54) is 12.1 Å². The van der Waals surface area contributed by atoms with Crippen LogP contribution in [0.2, 0.25) is 0 Å². The maximum absolute atomic E-state index is 13.0. The highest BCUT2D eigenvalue weighted by Gasteiger charge is 2.18. The summed E-state index contributed by atoms with van der Waals surface area (Å²) in [6, 6.07) is 31.3. The summed E-state index contributed by atoms with van der Waals surface area (Å²) in [4.78, 5) is 38.8. The van der Waals surface area contributed by atoms with Crippen molar-refractivity contribution in [3.8, 4) is 11.5 Å². The highest BCUT2D eigenvalue weighted by Crippen LogP contribution is 2.29. The Hall–Kier alpha value is -6.44. The van der Waals surface area contributed by atoms with E-state index in [4.69, 9.17) is 4.74 Å². The molecule has 2 atom stereocenters. The SMILES string of the molecule is Cn1nc(C(=O)NCc2ccc(CNCC(O)c3ccc(O)c4[nH]c(=O)ccc34)cc2)cc1COc1cccc([C@@H](NC(=O)O)c2ccccc2)c1. The highest BCUT2D eigenvalue weighted by atomic mass is 16.5. The molecule has 0 saturated carbocycles. The molecule has 2 heterocycles. The molecule has 0 aliphatic rings. The minimum atomic E-state index is -1.14. The molecule has 0 spiro atoms. The Kier molecular flexibility index (Phi) is 10.9. The first-order valence-electron chi connectivity index (χ1n) is 16.5. The van der Waals surface area contributed by atoms with Gasteiger partial charge >= 0.3 is 6.09 Å². The fourth-order valence-corrected chi connectivity index (χ4v) is 5.88. The maximum atomic E-state index is 13.0. The average molecular weight is 703 g/mol. The van der Waals surface area contributed by atoms with Crippen LogP contribution in [0.25, 0.3) is 10.9 Å². The summed E-state index contributed by atoms with van der Waals surface area (Å²) in [5.41, 5.74) is 4.86. The van der Waals surface area contributed by atoms with E-state index in [1.54, 1.807) is 48.1 Å². The second-order valence-electron chi connectivity index (χ2n) is 12.2. The number of benzene rings is 4. The minimum Gasteiger partial charge on any atom is -0.506 e. The van der Waals surface area contributed by atoms with Crippen LogP contribution < -0.4 is 26.2 Å². The van der Waals surface area contributed by atoms with Crippen molar-refractivity contribution < 1.29 is 29.6 Å². The second-order valence-corrected chi connectivity index (χ2v) is 12.2. The number of nitrogens with one attached hydrogen (secondary N) is 4. The number of phenolic OH excluding ortho intramolecular Hbond substituents is 1. The Morgan fingerprint density at radius 3 is 2.37 bits per heavy atom. The average Bonchev–Trinajstić information content (AvgIpc) is 3.53. The van der Waals surface area contributed by atoms with Gasteiger partial charge in [0.1, 0.15) is 18.1 Å². The number of pyridine rings is 1. The fourth-order valence-electron chi connectivity index (χ4n) is 5.88. The number of amides is 2. The zero-order chi connectivity index (χ0) is 36.6. The summed E-state index contributed by atoms with van der Waals surface area (Å²) in [6.07, 6.45) is -2.00. The van der Waals surface area contributed by atoms with Gasteiger partial charge in [-0.15, -0.1) is 0 Å². The van der Waals surface area contributed by atoms with Gasteiger partial charge in [0, 0.05) is 38.1 Å². The Morgan fingerprint density at radius 1 is 0.885 bits per heavy atom. The molecule has 2 aromatic heterocycles. The number of phenols is 1. The number of aliphatic hydroxyl groups is 1. The largest absolute Gasteiger partial charge is 0.506 e. The molecular formula is C39H38N6O7. The topological polar surface area (TPSA) is 191 Å². The van der Waals surface area contributed by atoms with E-state index in [1.807, 2.05) is 60.7 Å². The van der Waals surface area contributed by atoms with Crippen LogP contribution in [0, 0.1) is 0 Å². The molecule has 0 fully saturated rings. The number of nitrogens with zero attached hydrogens (tertiary/aromatic N) is 2. The van der Waals surface area contributed by atoms with Gasteiger partial charge in [-0.25, -0.2) is 4.79 Å². The molecule has 6 aromatic rings. The third-order valence-corrected chi connectivity index (χ3v) is 8.60. The lowest BCUT2D eigenvalue weighted by molar-refractivity contribution is 0.0945. The van der Waals surface area contributed by atoms with Gasteiger partial charge in [-0.3, -0.25) is 14.3 Å². The lowest BCUT2D eigenvalue weighted by Gasteiger charge is -2.19. The Morgan fingerprint density at radius 2 is 1.62 bits per heavy atom. The number of carboxylic acid groups (broad SMARTS) is 1. The van der Waals surface area contributed by atoms with Crippen LogP contribution in [-0.4, -0.2) is 48.6 Å². The van der Waals surface area contributed by atoms with Crippen molar-refractivity contribution in [3.05, 3.63) is 159 Å². The molecule has 52 heavy (non-hydrogen) atoms. The first kappa shape index (κ1) is 35.4. The Balaban J connectivity index is 0.987. The number of hydrogen-bond donors (Lipinski definition) is 7. The number of aliphatic hydroxyl groups excluding tert-OH is 1. The Labute approximate surface area is 298 Å². The number of aryl methyl sites for hydroxylation is 1. The van der Waals surface area contributed by atoms with Crippen molar-refractivity contribution in [2.75, 3.05) is 6.54 Å². The first-order valence-corrected chi connectivity index (χ1v) is 16.5. The predicted molar refractivity (Wildman–Crippen MR) is 194 cm³/mol. The number of rotatable bonds is 14. The number of hydrogen-bond acceptors (Lipinski definition) is 8. The van der Waals surface area contributed by atoms with Gasteiger partial charge in [0.05, 0.1) is 23.4 Å². The van der Waals surface area contributed by atoms with Crippen LogP contribution in [0.15, 0.2) is 114 Å². The molecule has 7 N–H and O–H groups in total. The molecule has 0 saturated heterocycles. The summed E-state index contributed by atoms with van der Waals surface area (Å²) < 4.78 is 7.60. The van der Waals surface area contributed by atoms with Gasteiger partial charge < -0.3 is 41.0 Å². The van der Waals surface area contributed by atoms with Crippen molar-refractivity contribution in [3.63, 3.8) is 0 Å². The minimum absolute atomic E-state index is 0.0610. The van der Waals surface area contributed by atoms with Crippen LogP contribution in [0.4, 0.5) is 4.79 Å². The standard InChI is InChI=1S/C39H38N6O7/c1-45-28(23-52-29-9-5-8-27(18-29)36(43-39(50)51)26-6-3-2-4-7-26)19-32(44-45)38(49)41-21-25-12-10-24(11-13-25)20-40-22-34(47)30-14-16-33(46)37-31(30)15-17-35(48)42-37/h2-19,34,36,40,43,46-47H,20-23H2,1H3,(H,41,49)(H,42,48)(H,50,51)/t34?,36-/m0/s1. The van der Waals surface area contributed by atoms with Crippen LogP contribution in [0.3, 0.4) is 0 Å². The molecular weight excluding hydrogens is 664 g/mol. The third kappa shape index (κ3) is 8.64. The number of carbonyl (C=O) groups excluding carboxylic acids is 1. The quantitative estimate of drug-likeness (QED) is 0.0847.